The van der Waals surface area contributed by atoms with Gasteiger partial charge in [-0.1, -0.05) is 18.2 Å². The summed E-state index contributed by atoms with van der Waals surface area (Å²) in [6.07, 6.45) is 3.43. The minimum atomic E-state index is 0.169. The molecule has 4 heteroatoms. The molecular formula is C23H23NO2S. The Balaban J connectivity index is 1.47. The number of hydrogen-bond acceptors (Lipinski definition) is 3. The van der Waals surface area contributed by atoms with Gasteiger partial charge in [-0.2, -0.15) is 0 Å². The van der Waals surface area contributed by atoms with Crippen molar-refractivity contribution >= 4 is 17.2 Å². The highest BCUT2D eigenvalue weighted by Gasteiger charge is 2.25. The van der Waals surface area contributed by atoms with Crippen LogP contribution in [0, 0.1) is 0 Å². The number of nitrogens with zero attached hydrogens (tertiary/aromatic N) is 1. The van der Waals surface area contributed by atoms with Crippen molar-refractivity contribution in [3.8, 4) is 21.9 Å². The van der Waals surface area contributed by atoms with Gasteiger partial charge >= 0.3 is 0 Å². The molecule has 0 radical (unpaired) electrons. The molecule has 1 atom stereocenters. The Hall–Kier alpha value is -2.59. The number of hydrogen-bond donors (Lipinski definition) is 0. The third-order valence-electron chi connectivity index (χ3n) is 5.00. The second-order valence-corrected chi connectivity index (χ2v) is 8.03. The molecule has 1 aliphatic rings. The fourth-order valence-corrected chi connectivity index (χ4v) is 4.43. The van der Waals surface area contributed by atoms with Crippen LogP contribution in [-0.4, -0.2) is 23.4 Å². The van der Waals surface area contributed by atoms with Crippen molar-refractivity contribution in [3.05, 3.63) is 71.6 Å². The van der Waals surface area contributed by atoms with E-state index in [0.29, 0.717) is 6.04 Å². The number of carbonyl (C=O) groups is 1. The molecule has 2 heterocycles. The Morgan fingerprint density at radius 2 is 1.70 bits per heavy atom. The van der Waals surface area contributed by atoms with Crippen molar-refractivity contribution in [2.24, 2.45) is 0 Å². The SMILES string of the molecule is C[C@@H]1CCCCN1C(=O)c1ccc(-c2ccc(Oc3ccccc3)cc2)s1. The van der Waals surface area contributed by atoms with Gasteiger partial charge < -0.3 is 9.64 Å². The Kier molecular flexibility index (Phi) is 5.26. The number of ether oxygens (including phenoxy) is 1. The standard InChI is InChI=1S/C23H23NO2S/c1-17-7-5-6-16-24(17)23(25)22-15-14-21(27-22)18-10-12-20(13-11-18)26-19-8-3-2-4-9-19/h2-4,8-15,17H,5-7,16H2,1H3/t17-/m1/s1. The molecule has 3 aromatic rings. The third kappa shape index (κ3) is 4.06. The molecule has 0 saturated carbocycles. The van der Waals surface area contributed by atoms with Crippen molar-refractivity contribution in [1.82, 2.24) is 4.90 Å². The minimum absolute atomic E-state index is 0.169. The van der Waals surface area contributed by atoms with Crippen LogP contribution in [0.15, 0.2) is 66.7 Å². The lowest BCUT2D eigenvalue weighted by Gasteiger charge is -2.33. The average molecular weight is 378 g/mol. The van der Waals surface area contributed by atoms with Gasteiger partial charge in [0.2, 0.25) is 0 Å². The quantitative estimate of drug-likeness (QED) is 0.540. The first kappa shape index (κ1) is 17.8. The fourth-order valence-electron chi connectivity index (χ4n) is 3.46. The molecule has 27 heavy (non-hydrogen) atoms. The van der Waals surface area contributed by atoms with E-state index in [9.17, 15) is 4.79 Å². The van der Waals surface area contributed by atoms with Gasteiger partial charge in [0.05, 0.1) is 4.88 Å². The van der Waals surface area contributed by atoms with Gasteiger partial charge in [-0.3, -0.25) is 4.79 Å². The van der Waals surface area contributed by atoms with Gasteiger partial charge in [-0.25, -0.2) is 0 Å². The summed E-state index contributed by atoms with van der Waals surface area (Å²) in [5.41, 5.74) is 1.10. The van der Waals surface area contributed by atoms with Crippen LogP contribution in [0.1, 0.15) is 35.9 Å². The topological polar surface area (TPSA) is 29.5 Å². The summed E-state index contributed by atoms with van der Waals surface area (Å²) in [4.78, 5) is 16.8. The number of thiophene rings is 1. The summed E-state index contributed by atoms with van der Waals surface area (Å²) < 4.78 is 5.85. The predicted molar refractivity (Wildman–Crippen MR) is 111 cm³/mol. The summed E-state index contributed by atoms with van der Waals surface area (Å²) in [6, 6.07) is 22.1. The summed E-state index contributed by atoms with van der Waals surface area (Å²) >= 11 is 1.57. The maximum Gasteiger partial charge on any atom is 0.264 e. The van der Waals surface area contributed by atoms with E-state index < -0.39 is 0 Å². The summed E-state index contributed by atoms with van der Waals surface area (Å²) in [5.74, 6) is 1.80. The molecule has 1 amide bonds. The molecule has 0 spiro atoms. The van der Waals surface area contributed by atoms with Crippen molar-refractivity contribution in [2.75, 3.05) is 6.54 Å². The summed E-state index contributed by atoms with van der Waals surface area (Å²) in [6.45, 7) is 3.02. The number of carbonyl (C=O) groups excluding carboxylic acids is 1. The van der Waals surface area contributed by atoms with Crippen molar-refractivity contribution in [1.29, 1.82) is 0 Å². The molecule has 0 bridgehead atoms. The second kappa shape index (κ2) is 7.97. The molecule has 138 valence electrons. The molecule has 0 aliphatic carbocycles. The van der Waals surface area contributed by atoms with E-state index in [0.717, 1.165) is 46.2 Å². The molecule has 2 aromatic carbocycles. The monoisotopic (exact) mass is 377 g/mol. The van der Waals surface area contributed by atoms with Crippen LogP contribution in [0.5, 0.6) is 11.5 Å². The Morgan fingerprint density at radius 1 is 0.963 bits per heavy atom. The van der Waals surface area contributed by atoms with Crippen molar-refractivity contribution in [3.63, 3.8) is 0 Å². The van der Waals surface area contributed by atoms with E-state index in [2.05, 4.69) is 6.92 Å². The van der Waals surface area contributed by atoms with Gasteiger partial charge in [-0.05, 0) is 80.3 Å². The molecule has 0 unspecified atom stereocenters. The molecule has 3 nitrogen and oxygen atoms in total. The van der Waals surface area contributed by atoms with Gasteiger partial charge in [0.25, 0.3) is 5.91 Å². The van der Waals surface area contributed by atoms with Crippen LogP contribution in [0.25, 0.3) is 10.4 Å². The van der Waals surface area contributed by atoms with Gasteiger partial charge in [0.1, 0.15) is 11.5 Å². The fraction of sp³-hybridized carbons (Fsp3) is 0.261. The molecule has 4 rings (SSSR count). The number of benzene rings is 2. The van der Waals surface area contributed by atoms with Crippen molar-refractivity contribution < 1.29 is 9.53 Å². The number of piperidine rings is 1. The van der Waals surface area contributed by atoms with Crippen LogP contribution in [0.2, 0.25) is 0 Å². The largest absolute Gasteiger partial charge is 0.457 e. The first-order valence-electron chi connectivity index (χ1n) is 9.45. The van der Waals surface area contributed by atoms with Gasteiger partial charge in [0, 0.05) is 17.5 Å². The first-order chi connectivity index (χ1) is 13.2. The van der Waals surface area contributed by atoms with Crippen LogP contribution in [0.3, 0.4) is 0 Å². The molecule has 0 N–H and O–H groups in total. The highest BCUT2D eigenvalue weighted by molar-refractivity contribution is 7.17. The lowest BCUT2D eigenvalue weighted by atomic mass is 10.0. The van der Waals surface area contributed by atoms with E-state index in [1.807, 2.05) is 71.6 Å². The summed E-state index contributed by atoms with van der Waals surface area (Å²) in [7, 11) is 0. The van der Waals surface area contributed by atoms with Crippen LogP contribution in [0.4, 0.5) is 0 Å². The Labute approximate surface area is 164 Å². The zero-order valence-corrected chi connectivity index (χ0v) is 16.2. The molecule has 1 saturated heterocycles. The lowest BCUT2D eigenvalue weighted by molar-refractivity contribution is 0.0640. The number of amides is 1. The molecular weight excluding hydrogens is 354 g/mol. The number of likely N-dealkylation sites (tertiary alicyclic amines) is 1. The van der Waals surface area contributed by atoms with E-state index in [1.165, 1.54) is 6.42 Å². The smallest absolute Gasteiger partial charge is 0.264 e. The summed E-state index contributed by atoms with van der Waals surface area (Å²) in [5, 5.41) is 0. The number of rotatable bonds is 4. The normalized spacial score (nSPS) is 16.9. The zero-order chi connectivity index (χ0) is 18.6. The van der Waals surface area contributed by atoms with Gasteiger partial charge in [-0.15, -0.1) is 11.3 Å². The Morgan fingerprint density at radius 3 is 2.44 bits per heavy atom. The highest BCUT2D eigenvalue weighted by atomic mass is 32.1. The molecule has 1 aromatic heterocycles. The van der Waals surface area contributed by atoms with Crippen LogP contribution < -0.4 is 4.74 Å². The maximum atomic E-state index is 12.8. The Bertz CT molecular complexity index is 902. The van der Waals surface area contributed by atoms with E-state index >= 15 is 0 Å². The number of para-hydroxylation sites is 1. The first-order valence-corrected chi connectivity index (χ1v) is 10.3. The third-order valence-corrected chi connectivity index (χ3v) is 6.12. The van der Waals surface area contributed by atoms with Crippen molar-refractivity contribution in [2.45, 2.75) is 32.2 Å². The lowest BCUT2D eigenvalue weighted by Crippen LogP contribution is -2.41. The van der Waals surface area contributed by atoms with E-state index in [-0.39, 0.29) is 5.91 Å². The predicted octanol–water partition coefficient (Wildman–Crippen LogP) is 6.22. The zero-order valence-electron chi connectivity index (χ0n) is 15.4. The molecule has 1 aliphatic heterocycles. The molecule has 1 fully saturated rings. The van der Waals surface area contributed by atoms with E-state index in [4.69, 9.17) is 4.74 Å². The van der Waals surface area contributed by atoms with E-state index in [1.54, 1.807) is 11.3 Å². The highest BCUT2D eigenvalue weighted by Crippen LogP contribution is 2.32. The van der Waals surface area contributed by atoms with Crippen LogP contribution in [-0.2, 0) is 0 Å². The minimum Gasteiger partial charge on any atom is -0.457 e. The second-order valence-electron chi connectivity index (χ2n) is 6.95. The van der Waals surface area contributed by atoms with Crippen LogP contribution >= 0.6 is 11.3 Å². The average Bonchev–Trinajstić information content (AvgIpc) is 3.19. The van der Waals surface area contributed by atoms with Gasteiger partial charge in [0.15, 0.2) is 0 Å². The maximum absolute atomic E-state index is 12.8.